The van der Waals surface area contributed by atoms with Gasteiger partial charge >= 0.3 is 5.97 Å². The summed E-state index contributed by atoms with van der Waals surface area (Å²) in [6.45, 7) is 0. The predicted octanol–water partition coefficient (Wildman–Crippen LogP) is 3.64. The van der Waals surface area contributed by atoms with Crippen molar-refractivity contribution >= 4 is 28.6 Å². The smallest absolute Gasteiger partial charge is 0.336 e. The van der Waals surface area contributed by atoms with Crippen LogP contribution in [0.4, 0.5) is 0 Å². The molecule has 0 aliphatic carbocycles. The molecule has 3 aromatic rings. The van der Waals surface area contributed by atoms with Crippen LogP contribution in [0.3, 0.4) is 0 Å². The lowest BCUT2D eigenvalue weighted by atomic mass is 10.3. The Kier molecular flexibility index (Phi) is 3.68. The number of thiazole rings is 1. The molecule has 106 valence electrons. The molecule has 0 unspecified atom stereocenters. The maximum atomic E-state index is 10.9. The SMILES string of the molecule is COc1ccc(-c2nc(-c3cc(C(=O)O)cs3)cs2)cn1. The van der Waals surface area contributed by atoms with Crippen molar-refractivity contribution in [1.82, 2.24) is 9.97 Å². The number of hydrogen-bond acceptors (Lipinski definition) is 6. The minimum Gasteiger partial charge on any atom is -0.481 e. The van der Waals surface area contributed by atoms with E-state index in [1.165, 1.54) is 22.7 Å². The van der Waals surface area contributed by atoms with E-state index in [9.17, 15) is 4.79 Å². The van der Waals surface area contributed by atoms with Crippen LogP contribution < -0.4 is 4.74 Å². The molecule has 0 saturated heterocycles. The number of thiophene rings is 1. The number of carboxylic acid groups (broad SMARTS) is 1. The van der Waals surface area contributed by atoms with E-state index >= 15 is 0 Å². The molecule has 0 aliphatic rings. The molecule has 3 aromatic heterocycles. The zero-order chi connectivity index (χ0) is 14.8. The van der Waals surface area contributed by atoms with Gasteiger partial charge < -0.3 is 9.84 Å². The summed E-state index contributed by atoms with van der Waals surface area (Å²) in [5.41, 5.74) is 1.97. The van der Waals surface area contributed by atoms with Crippen molar-refractivity contribution in [1.29, 1.82) is 0 Å². The van der Waals surface area contributed by atoms with Crippen molar-refractivity contribution < 1.29 is 14.6 Å². The first-order valence-corrected chi connectivity index (χ1v) is 7.71. The number of aromatic carboxylic acids is 1. The summed E-state index contributed by atoms with van der Waals surface area (Å²) in [7, 11) is 1.57. The van der Waals surface area contributed by atoms with E-state index in [2.05, 4.69) is 9.97 Å². The lowest BCUT2D eigenvalue weighted by molar-refractivity contribution is 0.0697. The van der Waals surface area contributed by atoms with Crippen LogP contribution in [0.25, 0.3) is 21.1 Å². The number of rotatable bonds is 4. The van der Waals surface area contributed by atoms with Gasteiger partial charge in [-0.1, -0.05) is 0 Å². The van der Waals surface area contributed by atoms with Crippen molar-refractivity contribution in [2.75, 3.05) is 7.11 Å². The Hall–Kier alpha value is -2.25. The summed E-state index contributed by atoms with van der Waals surface area (Å²) in [4.78, 5) is 20.4. The van der Waals surface area contributed by atoms with Crippen molar-refractivity contribution in [2.24, 2.45) is 0 Å². The Morgan fingerprint density at radius 1 is 1.29 bits per heavy atom. The first-order chi connectivity index (χ1) is 10.2. The average molecular weight is 318 g/mol. The van der Waals surface area contributed by atoms with Crippen LogP contribution in [0.2, 0.25) is 0 Å². The first-order valence-electron chi connectivity index (χ1n) is 5.95. The minimum atomic E-state index is -0.924. The summed E-state index contributed by atoms with van der Waals surface area (Å²) in [6, 6.07) is 5.31. The zero-order valence-corrected chi connectivity index (χ0v) is 12.6. The highest BCUT2D eigenvalue weighted by molar-refractivity contribution is 7.15. The zero-order valence-electron chi connectivity index (χ0n) is 10.9. The van der Waals surface area contributed by atoms with E-state index in [0.717, 1.165) is 21.1 Å². The third-order valence-electron chi connectivity index (χ3n) is 2.80. The lowest BCUT2D eigenvalue weighted by Gasteiger charge is -1.98. The predicted molar refractivity (Wildman–Crippen MR) is 82.2 cm³/mol. The fourth-order valence-electron chi connectivity index (χ4n) is 1.73. The second kappa shape index (κ2) is 5.63. The number of carbonyl (C=O) groups is 1. The topological polar surface area (TPSA) is 72.3 Å². The molecule has 0 amide bonds. The number of hydrogen-bond donors (Lipinski definition) is 1. The minimum absolute atomic E-state index is 0.288. The van der Waals surface area contributed by atoms with Crippen LogP contribution in [0.15, 0.2) is 35.2 Å². The molecule has 7 heteroatoms. The molecule has 0 aliphatic heterocycles. The average Bonchev–Trinajstić information content (AvgIpc) is 3.16. The van der Waals surface area contributed by atoms with Crippen molar-refractivity contribution in [2.45, 2.75) is 0 Å². The molecule has 0 bridgehead atoms. The van der Waals surface area contributed by atoms with Crippen LogP contribution in [0.1, 0.15) is 10.4 Å². The Morgan fingerprint density at radius 2 is 2.14 bits per heavy atom. The summed E-state index contributed by atoms with van der Waals surface area (Å²) in [5, 5.41) is 13.3. The second-order valence-electron chi connectivity index (χ2n) is 4.13. The lowest BCUT2D eigenvalue weighted by Crippen LogP contribution is -1.91. The second-order valence-corrected chi connectivity index (χ2v) is 5.90. The molecule has 0 atom stereocenters. The van der Waals surface area contributed by atoms with E-state index in [0.29, 0.717) is 5.88 Å². The summed E-state index contributed by atoms with van der Waals surface area (Å²) < 4.78 is 5.02. The van der Waals surface area contributed by atoms with Crippen molar-refractivity contribution in [3.63, 3.8) is 0 Å². The maximum Gasteiger partial charge on any atom is 0.336 e. The maximum absolute atomic E-state index is 10.9. The quantitative estimate of drug-likeness (QED) is 0.795. The van der Waals surface area contributed by atoms with Gasteiger partial charge in [0.05, 0.1) is 23.2 Å². The van der Waals surface area contributed by atoms with Crippen LogP contribution in [-0.2, 0) is 0 Å². The van der Waals surface area contributed by atoms with Gasteiger partial charge in [-0.2, -0.15) is 0 Å². The summed E-state index contributed by atoms with van der Waals surface area (Å²) in [5.74, 6) is -0.368. The molecule has 0 spiro atoms. The number of methoxy groups -OCH3 is 1. The van der Waals surface area contributed by atoms with Gasteiger partial charge in [0, 0.05) is 28.6 Å². The highest BCUT2D eigenvalue weighted by Crippen LogP contribution is 2.32. The Bertz CT molecular complexity index is 778. The monoisotopic (exact) mass is 318 g/mol. The number of aromatic nitrogens is 2. The number of pyridine rings is 1. The molecular formula is C14H10N2O3S2. The normalized spacial score (nSPS) is 10.5. The molecular weight excluding hydrogens is 308 g/mol. The first kappa shape index (κ1) is 13.7. The fourth-order valence-corrected chi connectivity index (χ4v) is 3.46. The molecule has 3 heterocycles. The molecule has 0 aromatic carbocycles. The number of carboxylic acids is 1. The van der Waals surface area contributed by atoms with Gasteiger partial charge in [0.15, 0.2) is 0 Å². The summed E-state index contributed by atoms with van der Waals surface area (Å²) in [6.07, 6.45) is 1.71. The van der Waals surface area contributed by atoms with Gasteiger partial charge in [-0.3, -0.25) is 0 Å². The molecule has 0 saturated carbocycles. The molecule has 0 fully saturated rings. The highest BCUT2D eigenvalue weighted by Gasteiger charge is 2.12. The third-order valence-corrected chi connectivity index (χ3v) is 4.64. The van der Waals surface area contributed by atoms with Crippen LogP contribution in [0.5, 0.6) is 5.88 Å². The van der Waals surface area contributed by atoms with Crippen molar-refractivity contribution in [3.05, 3.63) is 40.7 Å². The van der Waals surface area contributed by atoms with E-state index in [-0.39, 0.29) is 5.56 Å². The van der Waals surface area contributed by atoms with Crippen LogP contribution >= 0.6 is 22.7 Å². The standard InChI is InChI=1S/C14H10N2O3S2/c1-19-12-3-2-8(5-15-12)13-16-10(7-21-13)11-4-9(6-20-11)14(17)18/h2-7H,1H3,(H,17,18). The molecule has 21 heavy (non-hydrogen) atoms. The fraction of sp³-hybridized carbons (Fsp3) is 0.0714. The van der Waals surface area contributed by atoms with Gasteiger partial charge in [0.2, 0.25) is 5.88 Å². The van der Waals surface area contributed by atoms with Crippen LogP contribution in [-0.4, -0.2) is 28.2 Å². The van der Waals surface area contributed by atoms with E-state index in [1.54, 1.807) is 30.8 Å². The van der Waals surface area contributed by atoms with Crippen LogP contribution in [0, 0.1) is 0 Å². The highest BCUT2D eigenvalue weighted by atomic mass is 32.1. The largest absolute Gasteiger partial charge is 0.481 e. The van der Waals surface area contributed by atoms with Gasteiger partial charge in [-0.05, 0) is 12.1 Å². The van der Waals surface area contributed by atoms with Gasteiger partial charge in [0.25, 0.3) is 0 Å². The number of ether oxygens (including phenoxy) is 1. The van der Waals surface area contributed by atoms with E-state index in [1.807, 2.05) is 11.4 Å². The molecule has 3 rings (SSSR count). The van der Waals surface area contributed by atoms with E-state index < -0.39 is 5.97 Å². The Balaban J connectivity index is 1.89. The molecule has 0 radical (unpaired) electrons. The van der Waals surface area contributed by atoms with Gasteiger partial charge in [-0.25, -0.2) is 14.8 Å². The molecule has 1 N–H and O–H groups in total. The van der Waals surface area contributed by atoms with E-state index in [4.69, 9.17) is 9.84 Å². The van der Waals surface area contributed by atoms with Gasteiger partial charge in [0.1, 0.15) is 5.01 Å². The number of nitrogens with zero attached hydrogens (tertiary/aromatic N) is 2. The molecule has 5 nitrogen and oxygen atoms in total. The van der Waals surface area contributed by atoms with Crippen molar-refractivity contribution in [3.8, 4) is 27.0 Å². The third kappa shape index (κ3) is 2.79. The summed E-state index contributed by atoms with van der Waals surface area (Å²) >= 11 is 2.87. The Labute approximate surface area is 128 Å². The Morgan fingerprint density at radius 3 is 2.76 bits per heavy atom. The van der Waals surface area contributed by atoms with Gasteiger partial charge in [-0.15, -0.1) is 22.7 Å².